The van der Waals surface area contributed by atoms with Gasteiger partial charge in [-0.05, 0) is 12.8 Å². The number of sulfone groups is 1. The van der Waals surface area contributed by atoms with Crippen molar-refractivity contribution in [3.63, 3.8) is 0 Å². The Morgan fingerprint density at radius 2 is 1.93 bits per heavy atom. The topological polar surface area (TPSA) is 111 Å². The molecule has 3 rings (SSSR count). The molecule has 0 aromatic carbocycles. The maximum Gasteiger partial charge on any atom is 0.413 e. The highest BCUT2D eigenvalue weighted by Crippen LogP contribution is 2.34. The zero-order valence-corrected chi connectivity index (χ0v) is 16.2. The molecule has 0 unspecified atom stereocenters. The van der Waals surface area contributed by atoms with Crippen LogP contribution in [0.25, 0.3) is 0 Å². The Labute approximate surface area is 161 Å². The molecule has 12 heteroatoms. The SMILES string of the molecule is CS(=O)(=O)c1nc(NC(=O)OC2CCC(F)(F)CC2)cc(N2CCOCC2)n1. The lowest BCUT2D eigenvalue weighted by Crippen LogP contribution is -2.37. The Balaban J connectivity index is 1.72. The summed E-state index contributed by atoms with van der Waals surface area (Å²) in [7, 11) is -3.72. The van der Waals surface area contributed by atoms with Crippen LogP contribution in [0.15, 0.2) is 11.2 Å². The number of hydrogen-bond donors (Lipinski definition) is 1. The van der Waals surface area contributed by atoms with Gasteiger partial charge in [0.1, 0.15) is 17.7 Å². The van der Waals surface area contributed by atoms with Crippen LogP contribution in [0, 0.1) is 0 Å². The van der Waals surface area contributed by atoms with Crippen molar-refractivity contribution in [1.29, 1.82) is 0 Å². The van der Waals surface area contributed by atoms with Gasteiger partial charge in [-0.3, -0.25) is 5.32 Å². The van der Waals surface area contributed by atoms with Crippen molar-refractivity contribution in [3.05, 3.63) is 6.07 Å². The number of aromatic nitrogens is 2. The number of anilines is 2. The molecule has 2 heterocycles. The largest absolute Gasteiger partial charge is 0.446 e. The molecule has 1 aromatic heterocycles. The third-order valence-corrected chi connectivity index (χ3v) is 5.37. The molecule has 2 fully saturated rings. The molecule has 0 spiro atoms. The summed E-state index contributed by atoms with van der Waals surface area (Å²) in [4.78, 5) is 21.9. The number of halogens is 2. The Bertz CT molecular complexity index is 820. The van der Waals surface area contributed by atoms with E-state index in [1.807, 2.05) is 4.90 Å². The Kier molecular flexibility index (Phi) is 5.98. The van der Waals surface area contributed by atoms with Gasteiger partial charge in [0.05, 0.1) is 13.2 Å². The van der Waals surface area contributed by atoms with Crippen molar-refractivity contribution in [2.45, 2.75) is 42.9 Å². The highest BCUT2D eigenvalue weighted by molar-refractivity contribution is 7.90. The van der Waals surface area contributed by atoms with Crippen LogP contribution in [-0.4, -0.2) is 69.1 Å². The van der Waals surface area contributed by atoms with E-state index in [0.717, 1.165) is 6.26 Å². The quantitative estimate of drug-likeness (QED) is 0.735. The average Bonchev–Trinajstić information content (AvgIpc) is 2.63. The summed E-state index contributed by atoms with van der Waals surface area (Å²) in [5, 5.41) is 1.95. The van der Waals surface area contributed by atoms with E-state index in [1.54, 1.807) is 0 Å². The van der Waals surface area contributed by atoms with Gasteiger partial charge in [-0.1, -0.05) is 0 Å². The summed E-state index contributed by atoms with van der Waals surface area (Å²) >= 11 is 0. The highest BCUT2D eigenvalue weighted by Gasteiger charge is 2.36. The molecule has 1 aliphatic carbocycles. The van der Waals surface area contributed by atoms with E-state index in [0.29, 0.717) is 32.1 Å². The zero-order valence-electron chi connectivity index (χ0n) is 15.4. The number of nitrogens with one attached hydrogen (secondary N) is 1. The molecule has 1 amide bonds. The first-order valence-corrected chi connectivity index (χ1v) is 10.8. The van der Waals surface area contributed by atoms with Crippen molar-refractivity contribution in [1.82, 2.24) is 9.97 Å². The number of hydrogen-bond acceptors (Lipinski definition) is 8. The van der Waals surface area contributed by atoms with Gasteiger partial charge in [-0.15, -0.1) is 0 Å². The third-order valence-electron chi connectivity index (χ3n) is 4.53. The molecule has 156 valence electrons. The average molecular weight is 420 g/mol. The van der Waals surface area contributed by atoms with Crippen LogP contribution in [0.3, 0.4) is 0 Å². The van der Waals surface area contributed by atoms with E-state index >= 15 is 0 Å². The van der Waals surface area contributed by atoms with Gasteiger partial charge >= 0.3 is 6.09 Å². The molecular formula is C16H22F2N4O5S. The van der Waals surface area contributed by atoms with Crippen molar-refractivity contribution < 1.29 is 31.5 Å². The second-order valence-corrected chi connectivity index (χ2v) is 8.76. The van der Waals surface area contributed by atoms with Gasteiger partial charge in [-0.2, -0.15) is 0 Å². The van der Waals surface area contributed by atoms with Gasteiger partial charge in [0.25, 0.3) is 5.16 Å². The summed E-state index contributed by atoms with van der Waals surface area (Å²) in [5.41, 5.74) is 0. The number of amides is 1. The second-order valence-electron chi connectivity index (χ2n) is 6.85. The third kappa shape index (κ3) is 5.47. The maximum atomic E-state index is 13.2. The lowest BCUT2D eigenvalue weighted by atomic mass is 9.94. The molecule has 1 saturated heterocycles. The van der Waals surface area contributed by atoms with E-state index in [9.17, 15) is 22.0 Å². The minimum atomic E-state index is -3.72. The molecule has 1 N–H and O–H groups in total. The number of morpholine rings is 1. The fourth-order valence-electron chi connectivity index (χ4n) is 3.01. The summed E-state index contributed by atoms with van der Waals surface area (Å²) in [6, 6.07) is 1.44. The van der Waals surface area contributed by atoms with Crippen LogP contribution in [0.2, 0.25) is 0 Å². The lowest BCUT2D eigenvalue weighted by molar-refractivity contribution is -0.0642. The fourth-order valence-corrected chi connectivity index (χ4v) is 3.54. The number of nitrogens with zero attached hydrogens (tertiary/aromatic N) is 3. The molecule has 0 atom stereocenters. The normalized spacial score (nSPS) is 20.6. The lowest BCUT2D eigenvalue weighted by Gasteiger charge is -2.28. The van der Waals surface area contributed by atoms with Crippen LogP contribution >= 0.6 is 0 Å². The maximum absolute atomic E-state index is 13.2. The summed E-state index contributed by atoms with van der Waals surface area (Å²) in [5.74, 6) is -2.42. The van der Waals surface area contributed by atoms with Crippen molar-refractivity contribution in [3.8, 4) is 0 Å². The first-order chi connectivity index (χ1) is 13.1. The van der Waals surface area contributed by atoms with Crippen LogP contribution < -0.4 is 10.2 Å². The second kappa shape index (κ2) is 8.11. The molecule has 0 radical (unpaired) electrons. The predicted octanol–water partition coefficient (Wildman–Crippen LogP) is 1.84. The van der Waals surface area contributed by atoms with Crippen molar-refractivity contribution >= 4 is 27.6 Å². The first kappa shape index (κ1) is 20.6. The van der Waals surface area contributed by atoms with Crippen LogP contribution in [0.5, 0.6) is 0 Å². The zero-order chi connectivity index (χ0) is 20.4. The first-order valence-electron chi connectivity index (χ1n) is 8.90. The van der Waals surface area contributed by atoms with E-state index < -0.39 is 33.1 Å². The van der Waals surface area contributed by atoms with Crippen LogP contribution in [0.1, 0.15) is 25.7 Å². The van der Waals surface area contributed by atoms with E-state index in [1.165, 1.54) is 6.07 Å². The number of rotatable bonds is 4. The highest BCUT2D eigenvalue weighted by atomic mass is 32.2. The standard InChI is InChI=1S/C16H22F2N4O5S/c1-28(24,25)14-19-12(10-13(21-14)22-6-8-26-9-7-22)20-15(23)27-11-2-4-16(17,18)5-3-11/h10-11H,2-9H2,1H3,(H,19,20,21,23). The molecule has 28 heavy (non-hydrogen) atoms. The summed E-state index contributed by atoms with van der Waals surface area (Å²) < 4.78 is 60.6. The fraction of sp³-hybridized carbons (Fsp3) is 0.688. The Morgan fingerprint density at radius 1 is 1.29 bits per heavy atom. The van der Waals surface area contributed by atoms with Crippen LogP contribution in [-0.2, 0) is 19.3 Å². The van der Waals surface area contributed by atoms with Gasteiger partial charge in [-0.25, -0.2) is 32.0 Å². The number of ether oxygens (including phenoxy) is 2. The van der Waals surface area contributed by atoms with E-state index in [4.69, 9.17) is 9.47 Å². The number of alkyl halides is 2. The van der Waals surface area contributed by atoms with Crippen molar-refractivity contribution in [2.24, 2.45) is 0 Å². The molecule has 1 aliphatic heterocycles. The molecule has 0 bridgehead atoms. The molecular weight excluding hydrogens is 398 g/mol. The molecule has 1 saturated carbocycles. The Morgan fingerprint density at radius 3 is 2.54 bits per heavy atom. The number of carbonyl (C=O) groups excluding carboxylic acids is 1. The number of carbonyl (C=O) groups is 1. The van der Waals surface area contributed by atoms with E-state index in [-0.39, 0.29) is 31.5 Å². The smallest absolute Gasteiger partial charge is 0.413 e. The molecule has 1 aromatic rings. The minimum absolute atomic E-state index is 0.0388. The summed E-state index contributed by atoms with van der Waals surface area (Å²) in [6.45, 7) is 1.96. The summed E-state index contributed by atoms with van der Waals surface area (Å²) in [6.07, 6.45) is -1.06. The van der Waals surface area contributed by atoms with Gasteiger partial charge < -0.3 is 14.4 Å². The predicted molar refractivity (Wildman–Crippen MR) is 95.5 cm³/mol. The molecule has 2 aliphatic rings. The van der Waals surface area contributed by atoms with Gasteiger partial charge in [0.15, 0.2) is 0 Å². The molecule has 9 nitrogen and oxygen atoms in total. The van der Waals surface area contributed by atoms with Gasteiger partial charge in [0, 0.05) is 38.3 Å². The van der Waals surface area contributed by atoms with Crippen LogP contribution in [0.4, 0.5) is 25.2 Å². The van der Waals surface area contributed by atoms with Gasteiger partial charge in [0.2, 0.25) is 15.8 Å². The minimum Gasteiger partial charge on any atom is -0.446 e. The van der Waals surface area contributed by atoms with E-state index in [2.05, 4.69) is 15.3 Å². The Hall–Kier alpha value is -2.08. The van der Waals surface area contributed by atoms with Crippen molar-refractivity contribution in [2.75, 3.05) is 42.8 Å². The monoisotopic (exact) mass is 420 g/mol.